The molecule has 2 aromatic rings. The van der Waals surface area contributed by atoms with Crippen molar-refractivity contribution in [2.24, 2.45) is 0 Å². The minimum Gasteiger partial charge on any atom is -0.355 e. The molecule has 1 aliphatic heterocycles. The van der Waals surface area contributed by atoms with Crippen molar-refractivity contribution in [3.63, 3.8) is 0 Å². The number of rotatable bonds is 3. The topological polar surface area (TPSA) is 58.1 Å². The van der Waals surface area contributed by atoms with Crippen LogP contribution in [0.2, 0.25) is 0 Å². The van der Waals surface area contributed by atoms with Gasteiger partial charge in [-0.1, -0.05) is 0 Å². The van der Waals surface area contributed by atoms with Gasteiger partial charge in [-0.2, -0.15) is 0 Å². The quantitative estimate of drug-likeness (QED) is 0.927. The van der Waals surface area contributed by atoms with E-state index in [9.17, 15) is 4.79 Å². The maximum Gasteiger partial charge on any atom is 0.274 e. The van der Waals surface area contributed by atoms with Gasteiger partial charge in [0.05, 0.1) is 5.69 Å². The third-order valence-electron chi connectivity index (χ3n) is 3.40. The molecule has 0 unspecified atom stereocenters. The average molecular weight is 347 g/mol. The van der Waals surface area contributed by atoms with E-state index >= 15 is 0 Å². The van der Waals surface area contributed by atoms with Crippen LogP contribution in [0.1, 0.15) is 23.3 Å². The van der Waals surface area contributed by atoms with Crippen molar-refractivity contribution >= 4 is 33.3 Å². The molecule has 1 N–H and O–H groups in total. The summed E-state index contributed by atoms with van der Waals surface area (Å²) in [6.07, 6.45) is 5.69. The van der Waals surface area contributed by atoms with Crippen molar-refractivity contribution in [2.45, 2.75) is 12.8 Å². The molecule has 3 heterocycles. The molecule has 1 saturated heterocycles. The van der Waals surface area contributed by atoms with E-state index in [1.165, 1.54) is 0 Å². The number of pyridine rings is 2. The Morgan fingerprint density at radius 1 is 1.19 bits per heavy atom. The monoisotopic (exact) mass is 346 g/mol. The number of hydrogen-bond acceptors (Lipinski definition) is 4. The lowest BCUT2D eigenvalue weighted by atomic mass is 10.3. The van der Waals surface area contributed by atoms with Crippen LogP contribution in [0, 0.1) is 0 Å². The van der Waals surface area contributed by atoms with Crippen LogP contribution in [0.4, 0.5) is 11.5 Å². The van der Waals surface area contributed by atoms with E-state index < -0.39 is 0 Å². The first-order valence-corrected chi connectivity index (χ1v) is 7.66. The van der Waals surface area contributed by atoms with E-state index in [0.29, 0.717) is 5.69 Å². The van der Waals surface area contributed by atoms with Crippen LogP contribution in [0.3, 0.4) is 0 Å². The van der Waals surface area contributed by atoms with Crippen LogP contribution in [0.15, 0.2) is 41.1 Å². The lowest BCUT2D eigenvalue weighted by Crippen LogP contribution is -2.22. The van der Waals surface area contributed by atoms with Crippen molar-refractivity contribution < 1.29 is 4.79 Å². The minimum atomic E-state index is -0.226. The van der Waals surface area contributed by atoms with E-state index in [2.05, 4.69) is 36.1 Å². The molecule has 0 aromatic carbocycles. The van der Waals surface area contributed by atoms with Crippen LogP contribution < -0.4 is 10.2 Å². The summed E-state index contributed by atoms with van der Waals surface area (Å²) in [5.74, 6) is 0.608. The lowest BCUT2D eigenvalue weighted by Gasteiger charge is -2.19. The molecule has 1 amide bonds. The van der Waals surface area contributed by atoms with Gasteiger partial charge >= 0.3 is 0 Å². The molecule has 0 saturated carbocycles. The SMILES string of the molecule is O=C(Nc1cccnc1N1CCCC1)c1ccc(Br)cn1. The summed E-state index contributed by atoms with van der Waals surface area (Å²) in [6, 6.07) is 7.18. The van der Waals surface area contributed by atoms with E-state index in [4.69, 9.17) is 0 Å². The van der Waals surface area contributed by atoms with Gasteiger partial charge in [0, 0.05) is 30.0 Å². The van der Waals surface area contributed by atoms with Gasteiger partial charge in [0.1, 0.15) is 5.69 Å². The predicted molar refractivity (Wildman–Crippen MR) is 85.6 cm³/mol. The Labute approximate surface area is 131 Å². The Bertz CT molecular complexity index is 638. The number of hydrogen-bond donors (Lipinski definition) is 1. The Morgan fingerprint density at radius 2 is 2.00 bits per heavy atom. The van der Waals surface area contributed by atoms with Crippen LogP contribution in [-0.2, 0) is 0 Å². The van der Waals surface area contributed by atoms with Gasteiger partial charge in [-0.15, -0.1) is 0 Å². The number of halogens is 1. The lowest BCUT2D eigenvalue weighted by molar-refractivity contribution is 0.102. The largest absolute Gasteiger partial charge is 0.355 e. The number of carbonyl (C=O) groups excluding carboxylic acids is 1. The first kappa shape index (κ1) is 14.0. The average Bonchev–Trinajstić information content (AvgIpc) is 3.02. The fourth-order valence-corrected chi connectivity index (χ4v) is 2.61. The summed E-state index contributed by atoms with van der Waals surface area (Å²) in [6.45, 7) is 1.97. The van der Waals surface area contributed by atoms with Crippen LogP contribution in [-0.4, -0.2) is 29.0 Å². The maximum absolute atomic E-state index is 12.3. The van der Waals surface area contributed by atoms with Crippen molar-refractivity contribution in [3.8, 4) is 0 Å². The van der Waals surface area contributed by atoms with Gasteiger partial charge in [0.25, 0.3) is 5.91 Å². The third kappa shape index (κ3) is 3.21. The number of nitrogens with zero attached hydrogens (tertiary/aromatic N) is 3. The molecule has 0 radical (unpaired) electrons. The molecule has 0 spiro atoms. The summed E-state index contributed by atoms with van der Waals surface area (Å²) < 4.78 is 0.846. The molecule has 1 aliphatic rings. The highest BCUT2D eigenvalue weighted by Crippen LogP contribution is 2.26. The third-order valence-corrected chi connectivity index (χ3v) is 3.87. The molecular weight excluding hydrogens is 332 g/mol. The number of nitrogens with one attached hydrogen (secondary N) is 1. The van der Waals surface area contributed by atoms with Crippen LogP contribution in [0.25, 0.3) is 0 Å². The zero-order valence-corrected chi connectivity index (χ0v) is 13.0. The summed E-state index contributed by atoms with van der Waals surface area (Å²) >= 11 is 3.31. The first-order chi connectivity index (χ1) is 10.2. The smallest absolute Gasteiger partial charge is 0.274 e. The molecular formula is C15H15BrN4O. The molecule has 108 valence electrons. The summed E-state index contributed by atoms with van der Waals surface area (Å²) in [5, 5.41) is 2.90. The Kier molecular flexibility index (Phi) is 4.15. The Balaban J connectivity index is 1.81. The normalized spacial score (nSPS) is 14.2. The predicted octanol–water partition coefficient (Wildman–Crippen LogP) is 3.09. The highest BCUT2D eigenvalue weighted by molar-refractivity contribution is 9.10. The molecule has 6 heteroatoms. The summed E-state index contributed by atoms with van der Waals surface area (Å²) in [7, 11) is 0. The second-order valence-corrected chi connectivity index (χ2v) is 5.80. The summed E-state index contributed by atoms with van der Waals surface area (Å²) in [5.41, 5.74) is 1.11. The number of aromatic nitrogens is 2. The molecule has 0 atom stereocenters. The second kappa shape index (κ2) is 6.22. The van der Waals surface area contributed by atoms with E-state index in [1.54, 1.807) is 24.5 Å². The Hall–Kier alpha value is -1.95. The van der Waals surface area contributed by atoms with Crippen molar-refractivity contribution in [2.75, 3.05) is 23.3 Å². The summed E-state index contributed by atoms with van der Waals surface area (Å²) in [4.78, 5) is 23.0. The van der Waals surface area contributed by atoms with Gasteiger partial charge < -0.3 is 10.2 Å². The van der Waals surface area contributed by atoms with Crippen molar-refractivity contribution in [1.29, 1.82) is 0 Å². The standard InChI is InChI=1S/C15H15BrN4O/c16-11-5-6-13(18-10-11)15(21)19-12-4-3-7-17-14(12)20-8-1-2-9-20/h3-7,10H,1-2,8-9H2,(H,19,21). The highest BCUT2D eigenvalue weighted by Gasteiger charge is 2.18. The highest BCUT2D eigenvalue weighted by atomic mass is 79.9. The van der Waals surface area contributed by atoms with Gasteiger partial charge in [0.2, 0.25) is 0 Å². The van der Waals surface area contributed by atoms with E-state index in [0.717, 1.165) is 41.9 Å². The van der Waals surface area contributed by atoms with Gasteiger partial charge in [-0.25, -0.2) is 9.97 Å². The zero-order chi connectivity index (χ0) is 14.7. The first-order valence-electron chi connectivity index (χ1n) is 6.87. The number of carbonyl (C=O) groups is 1. The Morgan fingerprint density at radius 3 is 2.71 bits per heavy atom. The maximum atomic E-state index is 12.3. The van der Waals surface area contributed by atoms with Gasteiger partial charge in [0.15, 0.2) is 5.82 Å². The van der Waals surface area contributed by atoms with Crippen molar-refractivity contribution in [3.05, 3.63) is 46.8 Å². The fraction of sp³-hybridized carbons (Fsp3) is 0.267. The second-order valence-electron chi connectivity index (χ2n) is 4.88. The molecule has 21 heavy (non-hydrogen) atoms. The van der Waals surface area contributed by atoms with Crippen LogP contribution >= 0.6 is 15.9 Å². The minimum absolute atomic E-state index is 0.226. The van der Waals surface area contributed by atoms with Gasteiger partial charge in [-0.05, 0) is 53.0 Å². The fourth-order valence-electron chi connectivity index (χ4n) is 2.37. The number of anilines is 2. The molecule has 3 rings (SSSR count). The van der Waals surface area contributed by atoms with E-state index in [1.807, 2.05) is 12.1 Å². The van der Waals surface area contributed by atoms with Crippen LogP contribution in [0.5, 0.6) is 0 Å². The zero-order valence-electron chi connectivity index (χ0n) is 11.4. The molecule has 2 aromatic heterocycles. The van der Waals surface area contributed by atoms with Gasteiger partial charge in [-0.3, -0.25) is 4.79 Å². The van der Waals surface area contributed by atoms with Crippen molar-refractivity contribution in [1.82, 2.24) is 9.97 Å². The molecule has 0 bridgehead atoms. The van der Waals surface area contributed by atoms with E-state index in [-0.39, 0.29) is 5.91 Å². The molecule has 1 fully saturated rings. The molecule has 0 aliphatic carbocycles. The number of amides is 1. The molecule has 5 nitrogen and oxygen atoms in total.